The van der Waals surface area contributed by atoms with Crippen molar-refractivity contribution in [1.82, 2.24) is 20.1 Å². The zero-order chi connectivity index (χ0) is 22.8. The average molecular weight is 568 g/mol. The van der Waals surface area contributed by atoms with E-state index in [2.05, 4.69) is 32.7 Å². The molecule has 1 unspecified atom stereocenters. The third-order valence-electron chi connectivity index (χ3n) is 6.13. The summed E-state index contributed by atoms with van der Waals surface area (Å²) in [6.07, 6.45) is 4.38. The maximum absolute atomic E-state index is 12.0. The highest BCUT2D eigenvalue weighted by molar-refractivity contribution is 14.0. The number of likely N-dealkylation sites (tertiary alicyclic amines) is 1. The lowest BCUT2D eigenvalue weighted by atomic mass is 10.0. The first-order chi connectivity index (χ1) is 15.6. The second-order valence-electron chi connectivity index (χ2n) is 8.24. The number of para-hydroxylation sites is 1. The van der Waals surface area contributed by atoms with E-state index in [1.807, 2.05) is 35.8 Å². The molecule has 1 fully saturated rings. The van der Waals surface area contributed by atoms with Gasteiger partial charge in [-0.05, 0) is 57.8 Å². The Balaban J connectivity index is 0.00000385. The number of hydrogen-bond acceptors (Lipinski definition) is 4. The molecule has 0 aliphatic carbocycles. The first-order valence-corrected chi connectivity index (χ1v) is 11.6. The number of ether oxygens (including phenoxy) is 1. The number of pyridine rings is 1. The van der Waals surface area contributed by atoms with Crippen LogP contribution in [0.5, 0.6) is 5.75 Å². The summed E-state index contributed by atoms with van der Waals surface area (Å²) in [4.78, 5) is 18.9. The standard InChI is InChI=1S/C25H37N5O2.HI/c1-20-11-10-14-24(31)30(20)18-7-6-15-27-25(26-2)28-19-22(29-16-8-9-17-29)21-12-4-5-13-23(21)32-3;/h4-5,10-14,22H,6-9,15-19H2,1-3H3,(H2,26,27,28);1H. The number of rotatable bonds is 10. The van der Waals surface area contributed by atoms with E-state index >= 15 is 0 Å². The Morgan fingerprint density at radius 2 is 1.85 bits per heavy atom. The molecule has 1 aromatic carbocycles. The lowest BCUT2D eigenvalue weighted by molar-refractivity contribution is 0.239. The van der Waals surface area contributed by atoms with Crippen LogP contribution in [0.2, 0.25) is 0 Å². The predicted molar refractivity (Wildman–Crippen MR) is 146 cm³/mol. The van der Waals surface area contributed by atoms with Crippen molar-refractivity contribution in [3.63, 3.8) is 0 Å². The highest BCUT2D eigenvalue weighted by atomic mass is 127. The Morgan fingerprint density at radius 1 is 1.09 bits per heavy atom. The van der Waals surface area contributed by atoms with Crippen molar-refractivity contribution >= 4 is 29.9 Å². The number of aliphatic imine (C=N–C) groups is 1. The van der Waals surface area contributed by atoms with Crippen LogP contribution in [-0.2, 0) is 6.54 Å². The number of nitrogens with zero attached hydrogens (tertiary/aromatic N) is 3. The Morgan fingerprint density at radius 3 is 2.55 bits per heavy atom. The van der Waals surface area contributed by atoms with Crippen LogP contribution in [0.15, 0.2) is 52.3 Å². The molecule has 8 heteroatoms. The molecular weight excluding hydrogens is 529 g/mol. The van der Waals surface area contributed by atoms with E-state index in [0.717, 1.165) is 63.0 Å². The molecule has 0 bridgehead atoms. The van der Waals surface area contributed by atoms with Gasteiger partial charge in [-0.15, -0.1) is 24.0 Å². The molecule has 1 aliphatic rings. The lowest BCUT2D eigenvalue weighted by Crippen LogP contribution is -2.43. The van der Waals surface area contributed by atoms with Crippen molar-refractivity contribution in [1.29, 1.82) is 0 Å². The SMILES string of the molecule is CN=C(NCCCCn1c(C)cccc1=O)NCC(c1ccccc1OC)N1CCCC1.I. The van der Waals surface area contributed by atoms with Crippen LogP contribution in [0.25, 0.3) is 0 Å². The Kier molecular flexibility index (Phi) is 11.7. The molecule has 0 radical (unpaired) electrons. The minimum atomic E-state index is 0. The number of nitrogens with one attached hydrogen (secondary N) is 2. The first kappa shape index (κ1) is 27.2. The maximum atomic E-state index is 12.0. The van der Waals surface area contributed by atoms with Crippen LogP contribution >= 0.6 is 24.0 Å². The van der Waals surface area contributed by atoms with E-state index in [9.17, 15) is 4.79 Å². The molecule has 1 saturated heterocycles. The van der Waals surface area contributed by atoms with Crippen molar-refractivity contribution < 1.29 is 4.74 Å². The zero-order valence-corrected chi connectivity index (χ0v) is 22.4. The fraction of sp³-hybridized carbons (Fsp3) is 0.520. The monoisotopic (exact) mass is 567 g/mol. The van der Waals surface area contributed by atoms with Crippen molar-refractivity contribution in [2.75, 3.05) is 40.3 Å². The van der Waals surface area contributed by atoms with Gasteiger partial charge in [-0.3, -0.25) is 14.7 Å². The molecule has 1 atom stereocenters. The number of hydrogen-bond donors (Lipinski definition) is 2. The number of aryl methyl sites for hydroxylation is 1. The van der Waals surface area contributed by atoms with Gasteiger partial charge < -0.3 is 19.9 Å². The number of unbranched alkanes of at least 4 members (excludes halogenated alkanes) is 1. The summed E-state index contributed by atoms with van der Waals surface area (Å²) in [6, 6.07) is 13.9. The Bertz CT molecular complexity index is 940. The Hall–Kier alpha value is -2.07. The van der Waals surface area contributed by atoms with Crippen LogP contribution in [0, 0.1) is 6.92 Å². The van der Waals surface area contributed by atoms with Gasteiger partial charge in [0.25, 0.3) is 5.56 Å². The number of methoxy groups -OCH3 is 1. The smallest absolute Gasteiger partial charge is 0.250 e. The van der Waals surface area contributed by atoms with Gasteiger partial charge in [0.05, 0.1) is 13.2 Å². The molecule has 0 amide bonds. The number of halogens is 1. The van der Waals surface area contributed by atoms with Crippen LogP contribution in [0.4, 0.5) is 0 Å². The van der Waals surface area contributed by atoms with Gasteiger partial charge in [-0.2, -0.15) is 0 Å². The number of aromatic nitrogens is 1. The fourth-order valence-corrected chi connectivity index (χ4v) is 4.36. The zero-order valence-electron chi connectivity index (χ0n) is 20.0. The summed E-state index contributed by atoms with van der Waals surface area (Å²) in [5, 5.41) is 6.92. The van der Waals surface area contributed by atoms with Crippen molar-refractivity contribution in [2.24, 2.45) is 4.99 Å². The molecule has 2 aromatic rings. The molecule has 1 aliphatic heterocycles. The van der Waals surface area contributed by atoms with Crippen LogP contribution in [0.3, 0.4) is 0 Å². The van der Waals surface area contributed by atoms with E-state index < -0.39 is 0 Å². The molecule has 7 nitrogen and oxygen atoms in total. The van der Waals surface area contributed by atoms with Crippen molar-refractivity contribution in [3.05, 3.63) is 64.1 Å². The van der Waals surface area contributed by atoms with Gasteiger partial charge in [0.1, 0.15) is 5.75 Å². The third kappa shape index (κ3) is 7.74. The largest absolute Gasteiger partial charge is 0.496 e. The molecule has 182 valence electrons. The van der Waals surface area contributed by atoms with E-state index in [-0.39, 0.29) is 35.6 Å². The summed E-state index contributed by atoms with van der Waals surface area (Å²) >= 11 is 0. The van der Waals surface area contributed by atoms with E-state index in [1.54, 1.807) is 20.2 Å². The first-order valence-electron chi connectivity index (χ1n) is 11.6. The van der Waals surface area contributed by atoms with Crippen molar-refractivity contribution in [3.8, 4) is 5.75 Å². The molecule has 1 aromatic heterocycles. The molecule has 2 heterocycles. The minimum Gasteiger partial charge on any atom is -0.496 e. The second-order valence-corrected chi connectivity index (χ2v) is 8.24. The highest BCUT2D eigenvalue weighted by Crippen LogP contribution is 2.31. The maximum Gasteiger partial charge on any atom is 0.250 e. The molecule has 33 heavy (non-hydrogen) atoms. The summed E-state index contributed by atoms with van der Waals surface area (Å²) < 4.78 is 7.47. The van der Waals surface area contributed by atoms with Crippen molar-refractivity contribution in [2.45, 2.75) is 45.2 Å². The number of guanidine groups is 1. The molecule has 3 rings (SSSR count). The summed E-state index contributed by atoms with van der Waals surface area (Å²) in [5.41, 5.74) is 2.29. The molecule has 2 N–H and O–H groups in total. The van der Waals surface area contributed by atoms with Crippen LogP contribution < -0.4 is 20.9 Å². The number of benzene rings is 1. The third-order valence-corrected chi connectivity index (χ3v) is 6.13. The molecule has 0 spiro atoms. The average Bonchev–Trinajstić information content (AvgIpc) is 3.34. The quantitative estimate of drug-likeness (QED) is 0.199. The molecular formula is C25H38IN5O2. The fourth-order valence-electron chi connectivity index (χ4n) is 4.36. The van der Waals surface area contributed by atoms with E-state index in [0.29, 0.717) is 0 Å². The summed E-state index contributed by atoms with van der Waals surface area (Å²) in [7, 11) is 3.54. The highest BCUT2D eigenvalue weighted by Gasteiger charge is 2.25. The lowest BCUT2D eigenvalue weighted by Gasteiger charge is -2.30. The topological polar surface area (TPSA) is 70.9 Å². The Labute approximate surface area is 214 Å². The van der Waals surface area contributed by atoms with Crippen LogP contribution in [-0.4, -0.2) is 55.8 Å². The van der Waals surface area contributed by atoms with Gasteiger partial charge >= 0.3 is 0 Å². The van der Waals surface area contributed by atoms with Gasteiger partial charge in [0.15, 0.2) is 5.96 Å². The predicted octanol–water partition coefficient (Wildman–Crippen LogP) is 3.57. The van der Waals surface area contributed by atoms with Gasteiger partial charge in [0, 0.05) is 44.0 Å². The minimum absolute atomic E-state index is 0. The normalized spacial score (nSPS) is 15.1. The second kappa shape index (κ2) is 14.2. The van der Waals surface area contributed by atoms with E-state index in [1.165, 1.54) is 18.4 Å². The van der Waals surface area contributed by atoms with Gasteiger partial charge in [-0.25, -0.2) is 0 Å². The van der Waals surface area contributed by atoms with Crippen LogP contribution in [0.1, 0.15) is 43.0 Å². The van der Waals surface area contributed by atoms with Gasteiger partial charge in [0.2, 0.25) is 0 Å². The summed E-state index contributed by atoms with van der Waals surface area (Å²) in [6.45, 7) is 6.50. The van der Waals surface area contributed by atoms with Gasteiger partial charge in [-0.1, -0.05) is 24.3 Å². The summed E-state index contributed by atoms with van der Waals surface area (Å²) in [5.74, 6) is 1.73. The molecule has 0 saturated carbocycles. The van der Waals surface area contributed by atoms with E-state index in [4.69, 9.17) is 4.74 Å².